The summed E-state index contributed by atoms with van der Waals surface area (Å²) in [5.41, 5.74) is 2.00. The highest BCUT2D eigenvalue weighted by Crippen LogP contribution is 2.63. The second-order valence-electron chi connectivity index (χ2n) is 7.49. The number of piperazine rings is 1. The van der Waals surface area contributed by atoms with Crippen LogP contribution < -0.4 is 10.2 Å². The average molecular weight is 384 g/mol. The summed E-state index contributed by atoms with van der Waals surface area (Å²) in [7, 11) is 0. The molecule has 0 radical (unpaired) electrons. The van der Waals surface area contributed by atoms with Gasteiger partial charge in [-0.15, -0.1) is 23.2 Å². The van der Waals surface area contributed by atoms with Crippen LogP contribution in [0.5, 0.6) is 0 Å². The number of hydrogen-bond acceptors (Lipinski definition) is 3. The van der Waals surface area contributed by atoms with Gasteiger partial charge in [-0.05, 0) is 50.9 Å². The van der Waals surface area contributed by atoms with Gasteiger partial charge in [0.2, 0.25) is 5.91 Å². The number of carbonyl (C=O) groups excluding carboxylic acids is 1. The summed E-state index contributed by atoms with van der Waals surface area (Å²) in [5.74, 6) is -0.0261. The van der Waals surface area contributed by atoms with Crippen LogP contribution in [0, 0.1) is 12.3 Å². The van der Waals surface area contributed by atoms with Crippen molar-refractivity contribution in [3.63, 3.8) is 0 Å². The minimum atomic E-state index is -0.886. The molecule has 1 N–H and O–H groups in total. The van der Waals surface area contributed by atoms with E-state index in [1.807, 2.05) is 6.92 Å². The Morgan fingerprint density at radius 1 is 1.24 bits per heavy atom. The van der Waals surface area contributed by atoms with Gasteiger partial charge in [0.25, 0.3) is 0 Å². The molecule has 0 aromatic heterocycles. The Hall–Kier alpha value is -0.970. The molecule has 3 rings (SSSR count). The zero-order valence-electron chi connectivity index (χ0n) is 15.0. The van der Waals surface area contributed by atoms with Crippen molar-refractivity contribution < 1.29 is 4.79 Å². The lowest BCUT2D eigenvalue weighted by Gasteiger charge is -2.36. The summed E-state index contributed by atoms with van der Waals surface area (Å²) in [4.78, 5) is 17.0. The van der Waals surface area contributed by atoms with Crippen molar-refractivity contribution in [3.8, 4) is 0 Å². The van der Waals surface area contributed by atoms with E-state index >= 15 is 0 Å². The van der Waals surface area contributed by atoms with E-state index in [0.29, 0.717) is 13.0 Å². The van der Waals surface area contributed by atoms with E-state index in [4.69, 9.17) is 23.2 Å². The molecule has 0 spiro atoms. The summed E-state index contributed by atoms with van der Waals surface area (Å²) in [6.45, 7) is 9.87. The third kappa shape index (κ3) is 4.24. The fraction of sp³-hybridized carbons (Fsp3) is 0.632. The third-order valence-corrected chi connectivity index (χ3v) is 6.54. The standard InChI is InChI=1S/C19H27Cl2N3O/c1-15-5-3-6-16(13-15)24-11-9-23(10-12-24)8-4-7-22-17(25)18(2)14-19(18,20)21/h3,5-6,13H,4,7-12,14H2,1-2H3,(H,22,25). The fourth-order valence-electron chi connectivity index (χ4n) is 3.40. The lowest BCUT2D eigenvalue weighted by atomic mass is 10.1. The van der Waals surface area contributed by atoms with Crippen LogP contribution in [0.1, 0.15) is 25.3 Å². The summed E-state index contributed by atoms with van der Waals surface area (Å²) in [6, 6.07) is 8.69. The Balaban J connectivity index is 1.34. The summed E-state index contributed by atoms with van der Waals surface area (Å²) in [6.07, 6.45) is 1.49. The lowest BCUT2D eigenvalue weighted by molar-refractivity contribution is -0.125. The highest BCUT2D eigenvalue weighted by atomic mass is 35.5. The second kappa shape index (κ2) is 7.34. The van der Waals surface area contributed by atoms with Crippen LogP contribution >= 0.6 is 23.2 Å². The Bertz CT molecular complexity index is 629. The zero-order chi connectivity index (χ0) is 18.1. The first-order valence-corrected chi connectivity index (χ1v) is 9.77. The van der Waals surface area contributed by atoms with Crippen LogP contribution in [0.15, 0.2) is 24.3 Å². The van der Waals surface area contributed by atoms with Crippen molar-refractivity contribution in [3.05, 3.63) is 29.8 Å². The van der Waals surface area contributed by atoms with Crippen LogP contribution in [0.2, 0.25) is 0 Å². The molecule has 0 bridgehead atoms. The number of amides is 1. The molecule has 2 fully saturated rings. The van der Waals surface area contributed by atoms with Crippen LogP contribution in [0.25, 0.3) is 0 Å². The van der Waals surface area contributed by atoms with Crippen molar-refractivity contribution in [2.24, 2.45) is 5.41 Å². The predicted molar refractivity (Wildman–Crippen MR) is 105 cm³/mol. The van der Waals surface area contributed by atoms with Crippen molar-refractivity contribution in [1.82, 2.24) is 10.2 Å². The van der Waals surface area contributed by atoms with Gasteiger partial charge in [0.05, 0.1) is 5.41 Å². The number of nitrogens with one attached hydrogen (secondary N) is 1. The number of alkyl halides is 2. The fourth-order valence-corrected chi connectivity index (χ4v) is 4.11. The normalized spacial score (nSPS) is 25.7. The highest BCUT2D eigenvalue weighted by Gasteiger charge is 2.67. The van der Waals surface area contributed by atoms with Gasteiger partial charge in [-0.25, -0.2) is 0 Å². The molecule has 1 aromatic rings. The molecular formula is C19H27Cl2N3O. The molecule has 1 amide bonds. The summed E-state index contributed by atoms with van der Waals surface area (Å²) < 4.78 is -0.886. The van der Waals surface area contributed by atoms with Gasteiger partial charge >= 0.3 is 0 Å². The van der Waals surface area contributed by atoms with Crippen molar-refractivity contribution in [1.29, 1.82) is 0 Å². The molecule has 1 aliphatic carbocycles. The molecule has 1 saturated heterocycles. The first kappa shape index (κ1) is 18.8. The van der Waals surface area contributed by atoms with E-state index in [1.165, 1.54) is 11.3 Å². The minimum absolute atomic E-state index is 0.0261. The monoisotopic (exact) mass is 383 g/mol. The Morgan fingerprint density at radius 3 is 2.52 bits per heavy atom. The van der Waals surface area contributed by atoms with Crippen molar-refractivity contribution >= 4 is 34.8 Å². The van der Waals surface area contributed by atoms with Gasteiger partial charge in [0.15, 0.2) is 0 Å². The van der Waals surface area contributed by atoms with Crippen molar-refractivity contribution in [2.45, 2.75) is 31.0 Å². The van der Waals surface area contributed by atoms with Gasteiger partial charge in [0, 0.05) is 38.4 Å². The predicted octanol–water partition coefficient (Wildman–Crippen LogP) is 3.21. The quantitative estimate of drug-likeness (QED) is 0.604. The van der Waals surface area contributed by atoms with Gasteiger partial charge in [-0.1, -0.05) is 12.1 Å². The molecule has 138 valence electrons. The van der Waals surface area contributed by atoms with Gasteiger partial charge in [-0.3, -0.25) is 9.69 Å². The van der Waals surface area contributed by atoms with Crippen LogP contribution in [-0.2, 0) is 4.79 Å². The number of rotatable bonds is 6. The lowest BCUT2D eigenvalue weighted by Crippen LogP contribution is -2.47. The number of carbonyl (C=O) groups is 1. The molecular weight excluding hydrogens is 357 g/mol. The molecule has 1 atom stereocenters. The molecule has 1 saturated carbocycles. The summed E-state index contributed by atoms with van der Waals surface area (Å²) in [5, 5.41) is 2.98. The number of halogens is 2. The second-order valence-corrected chi connectivity index (χ2v) is 8.97. The third-order valence-electron chi connectivity index (χ3n) is 5.43. The average Bonchev–Trinajstić information content (AvgIpc) is 3.11. The van der Waals surface area contributed by atoms with E-state index in [0.717, 1.165) is 39.1 Å². The van der Waals surface area contributed by atoms with Gasteiger partial charge in [-0.2, -0.15) is 0 Å². The van der Waals surface area contributed by atoms with E-state index < -0.39 is 9.75 Å². The van der Waals surface area contributed by atoms with Crippen LogP contribution in [-0.4, -0.2) is 54.4 Å². The first-order chi connectivity index (χ1) is 11.8. The Labute approximate surface area is 160 Å². The van der Waals surface area contributed by atoms with E-state index in [2.05, 4.69) is 46.3 Å². The number of aryl methyl sites for hydroxylation is 1. The Morgan fingerprint density at radius 2 is 1.92 bits per heavy atom. The number of nitrogens with zero attached hydrogens (tertiary/aromatic N) is 2. The maximum absolute atomic E-state index is 12.1. The Kier molecular flexibility index (Phi) is 5.52. The highest BCUT2D eigenvalue weighted by molar-refractivity contribution is 6.53. The van der Waals surface area contributed by atoms with Gasteiger partial charge in [0.1, 0.15) is 4.33 Å². The SMILES string of the molecule is Cc1cccc(N2CCN(CCCNC(=O)C3(C)CC3(Cl)Cl)CC2)c1. The smallest absolute Gasteiger partial charge is 0.229 e. The number of benzene rings is 1. The van der Waals surface area contributed by atoms with Crippen LogP contribution in [0.4, 0.5) is 5.69 Å². The molecule has 2 aliphatic rings. The maximum atomic E-state index is 12.1. The van der Waals surface area contributed by atoms with E-state index in [1.54, 1.807) is 0 Å². The zero-order valence-corrected chi connectivity index (χ0v) is 16.5. The van der Waals surface area contributed by atoms with Crippen LogP contribution in [0.3, 0.4) is 0 Å². The molecule has 6 heteroatoms. The molecule has 1 heterocycles. The first-order valence-electron chi connectivity index (χ1n) is 9.02. The minimum Gasteiger partial charge on any atom is -0.369 e. The molecule has 1 aliphatic heterocycles. The number of hydrogen-bond donors (Lipinski definition) is 1. The molecule has 4 nitrogen and oxygen atoms in total. The van der Waals surface area contributed by atoms with E-state index in [-0.39, 0.29) is 5.91 Å². The molecule has 1 unspecified atom stereocenters. The maximum Gasteiger partial charge on any atom is 0.229 e. The van der Waals surface area contributed by atoms with Crippen molar-refractivity contribution in [2.75, 3.05) is 44.2 Å². The largest absolute Gasteiger partial charge is 0.369 e. The van der Waals surface area contributed by atoms with Gasteiger partial charge < -0.3 is 10.2 Å². The number of anilines is 1. The topological polar surface area (TPSA) is 35.6 Å². The van der Waals surface area contributed by atoms with E-state index in [9.17, 15) is 4.79 Å². The molecule has 25 heavy (non-hydrogen) atoms. The summed E-state index contributed by atoms with van der Waals surface area (Å²) >= 11 is 12.1. The molecule has 1 aromatic carbocycles.